The second-order valence-corrected chi connectivity index (χ2v) is 3.03. The Morgan fingerprint density at radius 3 is 2.92 bits per heavy atom. The van der Waals surface area contributed by atoms with Crippen LogP contribution in [0, 0.1) is 0 Å². The third-order valence-corrected chi connectivity index (χ3v) is 2.36. The van der Waals surface area contributed by atoms with Crippen molar-refractivity contribution in [3.8, 4) is 0 Å². The molecule has 0 saturated heterocycles. The molecule has 0 fully saturated rings. The molecule has 0 aromatic carbocycles. The third-order valence-electron chi connectivity index (χ3n) is 1.48. The third kappa shape index (κ3) is 1.65. The minimum atomic E-state index is 0. The minimum absolute atomic E-state index is 0. The summed E-state index contributed by atoms with van der Waals surface area (Å²) in [7, 11) is 0. The van der Waals surface area contributed by atoms with Crippen LogP contribution in [-0.4, -0.2) is 38.9 Å². The van der Waals surface area contributed by atoms with Crippen LogP contribution in [0.4, 0.5) is 0 Å². The number of imidazole rings is 1. The molecule has 1 radical (unpaired) electrons. The number of rotatable bonds is 0. The molecule has 0 unspecified atom stereocenters. The van der Waals surface area contributed by atoms with E-state index in [9.17, 15) is 0 Å². The van der Waals surface area contributed by atoms with E-state index in [0.717, 1.165) is 10.5 Å². The normalized spacial score (nSPS) is 9.83. The number of nitrogens with zero attached hydrogens (tertiary/aromatic N) is 2. The Hall–Kier alpha value is 0.330. The van der Waals surface area contributed by atoms with E-state index in [0.29, 0.717) is 5.02 Å². The zero-order valence-electron chi connectivity index (χ0n) is 6.53. The molecule has 0 aliphatic heterocycles. The molecule has 2 aromatic rings. The number of hydrogen-bond acceptors (Lipinski definition) is 2. The zero-order chi connectivity index (χ0) is 7.84. The molecular weight excluding hydrogens is 203 g/mol. The predicted octanol–water partition coefficient (Wildman–Crippen LogP) is 1.90. The van der Waals surface area contributed by atoms with Gasteiger partial charge in [-0.1, -0.05) is 11.6 Å². The van der Waals surface area contributed by atoms with Crippen molar-refractivity contribution >= 4 is 59.4 Å². The van der Waals surface area contributed by atoms with Gasteiger partial charge in [0.25, 0.3) is 0 Å². The molecule has 2 nitrogen and oxygen atoms in total. The van der Waals surface area contributed by atoms with Gasteiger partial charge in [-0.2, -0.15) is 0 Å². The molecule has 0 atom stereocenters. The van der Waals surface area contributed by atoms with Crippen LogP contribution in [0.2, 0.25) is 5.02 Å². The van der Waals surface area contributed by atoms with Crippen molar-refractivity contribution in [3.63, 3.8) is 0 Å². The molecule has 2 rings (SSSR count). The molecule has 57 valence electrons. The zero-order valence-corrected chi connectivity index (χ0v) is 10.2. The van der Waals surface area contributed by atoms with Crippen molar-refractivity contribution in [2.24, 2.45) is 0 Å². The quantitative estimate of drug-likeness (QED) is 0.516. The van der Waals surface area contributed by atoms with Gasteiger partial charge in [0.1, 0.15) is 0 Å². The first-order valence-corrected chi connectivity index (χ1v) is 3.91. The van der Waals surface area contributed by atoms with Crippen LogP contribution in [0.1, 0.15) is 0 Å². The molecule has 0 bridgehead atoms. The maximum atomic E-state index is 5.91. The number of thiol groups is 1. The summed E-state index contributed by atoms with van der Waals surface area (Å²) in [6.45, 7) is 0. The topological polar surface area (TPSA) is 17.3 Å². The van der Waals surface area contributed by atoms with Gasteiger partial charge in [0, 0.05) is 53.0 Å². The summed E-state index contributed by atoms with van der Waals surface area (Å²) in [6, 6.07) is 1.83. The molecule has 0 N–H and O–H groups in total. The number of aromatic nitrogens is 2. The molecule has 0 amide bonds. The average Bonchev–Trinajstić information content (AvgIpc) is 2.45. The average molecular weight is 208 g/mol. The van der Waals surface area contributed by atoms with Crippen LogP contribution >= 0.6 is 24.2 Å². The Morgan fingerprint density at radius 1 is 1.42 bits per heavy atom. The molecule has 0 aliphatic carbocycles. The largest absolute Gasteiger partial charge is 0.306 e. The van der Waals surface area contributed by atoms with Crippen molar-refractivity contribution in [2.45, 2.75) is 4.90 Å². The van der Waals surface area contributed by atoms with E-state index >= 15 is 0 Å². The van der Waals surface area contributed by atoms with Crippen molar-refractivity contribution in [2.75, 3.05) is 0 Å². The van der Waals surface area contributed by atoms with E-state index in [1.807, 2.05) is 22.9 Å². The number of fused-ring (bicyclic) bond motifs is 1. The van der Waals surface area contributed by atoms with Gasteiger partial charge in [0.2, 0.25) is 0 Å². The van der Waals surface area contributed by atoms with Crippen LogP contribution in [0.15, 0.2) is 29.6 Å². The maximum absolute atomic E-state index is 5.91. The van der Waals surface area contributed by atoms with Crippen LogP contribution in [0.3, 0.4) is 0 Å². The van der Waals surface area contributed by atoms with E-state index in [1.165, 1.54) is 0 Å². The fraction of sp³-hybridized carbons (Fsp3) is 0. The first-order chi connectivity index (χ1) is 5.29. The van der Waals surface area contributed by atoms with Crippen LogP contribution in [0.5, 0.6) is 0 Å². The molecule has 2 aromatic heterocycles. The minimum Gasteiger partial charge on any atom is -0.306 e. The van der Waals surface area contributed by atoms with Crippen molar-refractivity contribution < 1.29 is 0 Å². The standard InChI is InChI=1S/C7H5ClN2S.Na/c8-6-5(11)1-3-10-4-2-9-7(6)10;/h1-4,11H;. The summed E-state index contributed by atoms with van der Waals surface area (Å²) in [5.74, 6) is 0. The van der Waals surface area contributed by atoms with E-state index in [1.54, 1.807) is 6.20 Å². The van der Waals surface area contributed by atoms with Gasteiger partial charge in [-0.25, -0.2) is 4.98 Å². The van der Waals surface area contributed by atoms with Crippen LogP contribution in [0.25, 0.3) is 5.65 Å². The number of pyridine rings is 1. The molecule has 0 aliphatic rings. The molecule has 0 spiro atoms. The van der Waals surface area contributed by atoms with E-state index in [2.05, 4.69) is 17.6 Å². The van der Waals surface area contributed by atoms with Gasteiger partial charge >= 0.3 is 0 Å². The van der Waals surface area contributed by atoms with Gasteiger partial charge < -0.3 is 4.40 Å². The number of hydrogen-bond donors (Lipinski definition) is 1. The van der Waals surface area contributed by atoms with Gasteiger partial charge in [-0.15, -0.1) is 12.6 Å². The van der Waals surface area contributed by atoms with Crippen molar-refractivity contribution in [1.82, 2.24) is 9.38 Å². The van der Waals surface area contributed by atoms with E-state index in [4.69, 9.17) is 11.6 Å². The van der Waals surface area contributed by atoms with Gasteiger partial charge in [-0.05, 0) is 6.07 Å². The van der Waals surface area contributed by atoms with Crippen molar-refractivity contribution in [1.29, 1.82) is 0 Å². The summed E-state index contributed by atoms with van der Waals surface area (Å²) in [5, 5.41) is 0.598. The monoisotopic (exact) mass is 207 g/mol. The van der Waals surface area contributed by atoms with Gasteiger partial charge in [0.15, 0.2) is 5.65 Å². The Bertz CT molecular complexity index is 401. The molecule has 2 heterocycles. The van der Waals surface area contributed by atoms with E-state index < -0.39 is 0 Å². The molecular formula is C7H5ClN2NaS. The summed E-state index contributed by atoms with van der Waals surface area (Å²) < 4.78 is 1.85. The summed E-state index contributed by atoms with van der Waals surface area (Å²) in [4.78, 5) is 4.82. The Morgan fingerprint density at radius 2 is 2.17 bits per heavy atom. The summed E-state index contributed by atoms with van der Waals surface area (Å²) in [5.41, 5.74) is 0.749. The predicted molar refractivity (Wildman–Crippen MR) is 53.2 cm³/mol. The Kier molecular flexibility index (Phi) is 3.49. The van der Waals surface area contributed by atoms with Crippen molar-refractivity contribution in [3.05, 3.63) is 29.7 Å². The Balaban J connectivity index is 0.000000720. The van der Waals surface area contributed by atoms with Crippen LogP contribution < -0.4 is 0 Å². The van der Waals surface area contributed by atoms with Gasteiger partial charge in [-0.3, -0.25) is 0 Å². The van der Waals surface area contributed by atoms with E-state index in [-0.39, 0.29) is 29.6 Å². The summed E-state index contributed by atoms with van der Waals surface area (Å²) >= 11 is 10.1. The second-order valence-electron chi connectivity index (χ2n) is 2.17. The van der Waals surface area contributed by atoms with Crippen LogP contribution in [-0.2, 0) is 0 Å². The molecule has 0 saturated carbocycles. The first-order valence-electron chi connectivity index (χ1n) is 3.09. The number of halogens is 1. The fourth-order valence-electron chi connectivity index (χ4n) is 0.942. The molecule has 12 heavy (non-hydrogen) atoms. The Labute approximate surface area is 103 Å². The summed E-state index contributed by atoms with van der Waals surface area (Å²) in [6.07, 6.45) is 5.42. The SMILES string of the molecule is Sc1ccn2ccnc2c1Cl.[Na]. The first kappa shape index (κ1) is 10.4. The fourth-order valence-corrected chi connectivity index (χ4v) is 1.32. The maximum Gasteiger partial charge on any atom is 0.156 e. The smallest absolute Gasteiger partial charge is 0.156 e. The second kappa shape index (κ2) is 4.03. The van der Waals surface area contributed by atoms with Gasteiger partial charge in [0.05, 0.1) is 5.02 Å². The molecule has 5 heteroatoms.